The molecule has 1 heterocycles. The molecule has 1 aromatic carbocycles. The molecule has 20 heavy (non-hydrogen) atoms. The van der Waals surface area contributed by atoms with Gasteiger partial charge < -0.3 is 20.8 Å². The second-order valence-corrected chi connectivity index (χ2v) is 5.28. The lowest BCUT2D eigenvalue weighted by Crippen LogP contribution is -2.40. The van der Waals surface area contributed by atoms with Crippen molar-refractivity contribution in [2.45, 2.75) is 31.4 Å². The first-order chi connectivity index (χ1) is 9.69. The first-order valence-electron chi connectivity index (χ1n) is 6.90. The topological polar surface area (TPSA) is 80.1 Å². The Balaban J connectivity index is 1.80. The molecule has 4 N–H and O–H groups in total. The summed E-state index contributed by atoms with van der Waals surface area (Å²) in [6.45, 7) is 0. The van der Waals surface area contributed by atoms with E-state index in [0.29, 0.717) is 11.4 Å². The van der Waals surface area contributed by atoms with Gasteiger partial charge >= 0.3 is 0 Å². The fourth-order valence-corrected chi connectivity index (χ4v) is 2.92. The molecule has 106 valence electrons. The van der Waals surface area contributed by atoms with E-state index in [0.717, 1.165) is 30.2 Å². The van der Waals surface area contributed by atoms with Crippen molar-refractivity contribution in [1.82, 2.24) is 10.3 Å². The van der Waals surface area contributed by atoms with Gasteiger partial charge in [-0.3, -0.25) is 4.79 Å². The number of H-pyrrole nitrogens is 1. The zero-order valence-electron chi connectivity index (χ0n) is 11.5. The van der Waals surface area contributed by atoms with Gasteiger partial charge in [0.05, 0.1) is 23.3 Å². The SMILES string of the molecule is COC1CCCC1NC(=O)c1cc2cccc(N)c2[nH]1. The molecule has 2 atom stereocenters. The number of ether oxygens (including phenoxy) is 1. The van der Waals surface area contributed by atoms with Gasteiger partial charge in [0.1, 0.15) is 5.69 Å². The van der Waals surface area contributed by atoms with E-state index in [1.165, 1.54) is 0 Å². The third-order valence-electron chi connectivity index (χ3n) is 4.00. The molecule has 1 aliphatic carbocycles. The van der Waals surface area contributed by atoms with Crippen molar-refractivity contribution in [3.05, 3.63) is 30.0 Å². The summed E-state index contributed by atoms with van der Waals surface area (Å²) in [7, 11) is 1.69. The second-order valence-electron chi connectivity index (χ2n) is 5.28. The van der Waals surface area contributed by atoms with E-state index < -0.39 is 0 Å². The quantitative estimate of drug-likeness (QED) is 0.749. The number of anilines is 1. The number of nitrogens with two attached hydrogens (primary N) is 1. The number of rotatable bonds is 3. The lowest BCUT2D eigenvalue weighted by atomic mass is 10.2. The van der Waals surface area contributed by atoms with Gasteiger partial charge in [0, 0.05) is 12.5 Å². The molecule has 0 bridgehead atoms. The molecule has 5 heteroatoms. The Morgan fingerprint density at radius 1 is 1.45 bits per heavy atom. The summed E-state index contributed by atoms with van der Waals surface area (Å²) in [5.41, 5.74) is 7.90. The Kier molecular flexibility index (Phi) is 3.36. The third kappa shape index (κ3) is 2.25. The summed E-state index contributed by atoms with van der Waals surface area (Å²) >= 11 is 0. The molecule has 0 spiro atoms. The maximum atomic E-state index is 12.3. The Labute approximate surface area is 117 Å². The van der Waals surface area contributed by atoms with E-state index >= 15 is 0 Å². The normalized spacial score (nSPS) is 22.2. The number of benzene rings is 1. The standard InChI is InChI=1S/C15H19N3O2/c1-20-13-7-3-6-11(13)18-15(19)12-8-9-4-2-5-10(16)14(9)17-12/h2,4-5,8,11,13,17H,3,6-7,16H2,1H3,(H,18,19). The van der Waals surface area contributed by atoms with Crippen LogP contribution >= 0.6 is 0 Å². The van der Waals surface area contributed by atoms with Crippen LogP contribution in [0.15, 0.2) is 24.3 Å². The van der Waals surface area contributed by atoms with Gasteiger partial charge in [-0.15, -0.1) is 0 Å². The highest BCUT2D eigenvalue weighted by molar-refractivity contribution is 6.00. The monoisotopic (exact) mass is 273 g/mol. The molecule has 0 radical (unpaired) electrons. The summed E-state index contributed by atoms with van der Waals surface area (Å²) in [6, 6.07) is 7.56. The fraction of sp³-hybridized carbons (Fsp3) is 0.400. The molecular formula is C15H19N3O2. The maximum Gasteiger partial charge on any atom is 0.268 e. The predicted octanol–water partition coefficient (Wildman–Crippen LogP) is 2.05. The molecule has 0 saturated heterocycles. The largest absolute Gasteiger partial charge is 0.397 e. The molecule has 3 rings (SSSR count). The molecule has 2 unspecified atom stereocenters. The number of fused-ring (bicyclic) bond motifs is 1. The van der Waals surface area contributed by atoms with Gasteiger partial charge in [-0.1, -0.05) is 12.1 Å². The zero-order chi connectivity index (χ0) is 14.1. The minimum atomic E-state index is -0.102. The minimum Gasteiger partial charge on any atom is -0.397 e. The number of aromatic amines is 1. The van der Waals surface area contributed by atoms with Crippen LogP contribution in [0.3, 0.4) is 0 Å². The van der Waals surface area contributed by atoms with Gasteiger partial charge in [-0.05, 0) is 31.4 Å². The number of carbonyl (C=O) groups is 1. The van der Waals surface area contributed by atoms with E-state index in [1.807, 2.05) is 24.3 Å². The molecule has 1 fully saturated rings. The highest BCUT2D eigenvalue weighted by Gasteiger charge is 2.28. The Morgan fingerprint density at radius 3 is 3.05 bits per heavy atom. The van der Waals surface area contributed by atoms with E-state index in [4.69, 9.17) is 10.5 Å². The van der Waals surface area contributed by atoms with Crippen LogP contribution in [-0.4, -0.2) is 30.1 Å². The number of nitrogen functional groups attached to an aromatic ring is 1. The third-order valence-corrected chi connectivity index (χ3v) is 4.00. The van der Waals surface area contributed by atoms with Crippen molar-refractivity contribution in [3.63, 3.8) is 0 Å². The fourth-order valence-electron chi connectivity index (χ4n) is 2.92. The first kappa shape index (κ1) is 13.0. The van der Waals surface area contributed by atoms with Crippen LogP contribution in [0, 0.1) is 0 Å². The zero-order valence-corrected chi connectivity index (χ0v) is 11.5. The number of nitrogens with one attached hydrogen (secondary N) is 2. The highest BCUT2D eigenvalue weighted by Crippen LogP contribution is 2.23. The van der Waals surface area contributed by atoms with Gasteiger partial charge in [0.15, 0.2) is 0 Å². The van der Waals surface area contributed by atoms with E-state index in [2.05, 4.69) is 10.3 Å². The molecule has 1 amide bonds. The number of amides is 1. The Hall–Kier alpha value is -2.01. The Bertz CT molecular complexity index is 635. The average Bonchev–Trinajstić information content (AvgIpc) is 3.05. The van der Waals surface area contributed by atoms with Gasteiger partial charge in [0.25, 0.3) is 5.91 Å². The number of methoxy groups -OCH3 is 1. The van der Waals surface area contributed by atoms with Crippen LogP contribution in [0.1, 0.15) is 29.8 Å². The smallest absolute Gasteiger partial charge is 0.268 e. The number of carbonyl (C=O) groups excluding carboxylic acids is 1. The van der Waals surface area contributed by atoms with Crippen LogP contribution in [0.5, 0.6) is 0 Å². The van der Waals surface area contributed by atoms with Crippen molar-refractivity contribution in [3.8, 4) is 0 Å². The highest BCUT2D eigenvalue weighted by atomic mass is 16.5. The van der Waals surface area contributed by atoms with Crippen molar-refractivity contribution in [1.29, 1.82) is 0 Å². The second kappa shape index (κ2) is 5.17. The summed E-state index contributed by atoms with van der Waals surface area (Å²) in [5.74, 6) is -0.102. The van der Waals surface area contributed by atoms with Crippen molar-refractivity contribution < 1.29 is 9.53 Å². The van der Waals surface area contributed by atoms with Crippen LogP contribution in [0.25, 0.3) is 10.9 Å². The number of hydrogen-bond donors (Lipinski definition) is 3. The summed E-state index contributed by atoms with van der Waals surface area (Å²) in [5, 5.41) is 3.99. The van der Waals surface area contributed by atoms with Crippen molar-refractivity contribution in [2.75, 3.05) is 12.8 Å². The number of para-hydroxylation sites is 1. The first-order valence-corrected chi connectivity index (χ1v) is 6.90. The minimum absolute atomic E-state index is 0.0938. The Morgan fingerprint density at radius 2 is 2.30 bits per heavy atom. The van der Waals surface area contributed by atoms with Crippen molar-refractivity contribution >= 4 is 22.5 Å². The van der Waals surface area contributed by atoms with E-state index in [-0.39, 0.29) is 18.1 Å². The molecule has 0 aliphatic heterocycles. The molecule has 1 aromatic heterocycles. The average molecular weight is 273 g/mol. The number of hydrogen-bond acceptors (Lipinski definition) is 3. The summed E-state index contributed by atoms with van der Waals surface area (Å²) in [4.78, 5) is 15.4. The molecule has 2 aromatic rings. The van der Waals surface area contributed by atoms with Gasteiger partial charge in [-0.2, -0.15) is 0 Å². The van der Waals surface area contributed by atoms with Crippen LogP contribution in [0.4, 0.5) is 5.69 Å². The van der Waals surface area contributed by atoms with Gasteiger partial charge in [-0.25, -0.2) is 0 Å². The maximum absolute atomic E-state index is 12.3. The van der Waals surface area contributed by atoms with E-state index in [1.54, 1.807) is 7.11 Å². The molecular weight excluding hydrogens is 254 g/mol. The van der Waals surface area contributed by atoms with Crippen LogP contribution < -0.4 is 11.1 Å². The summed E-state index contributed by atoms with van der Waals surface area (Å²) in [6.07, 6.45) is 3.17. The van der Waals surface area contributed by atoms with Crippen LogP contribution in [-0.2, 0) is 4.74 Å². The summed E-state index contributed by atoms with van der Waals surface area (Å²) < 4.78 is 5.39. The molecule has 5 nitrogen and oxygen atoms in total. The van der Waals surface area contributed by atoms with E-state index in [9.17, 15) is 4.79 Å². The van der Waals surface area contributed by atoms with Crippen molar-refractivity contribution in [2.24, 2.45) is 0 Å². The lowest BCUT2D eigenvalue weighted by Gasteiger charge is -2.19. The molecule has 1 aliphatic rings. The lowest BCUT2D eigenvalue weighted by molar-refractivity contribution is 0.0720. The predicted molar refractivity (Wildman–Crippen MR) is 78.6 cm³/mol. The number of aromatic nitrogens is 1. The van der Waals surface area contributed by atoms with Gasteiger partial charge in [0.2, 0.25) is 0 Å². The van der Waals surface area contributed by atoms with Crippen LogP contribution in [0.2, 0.25) is 0 Å². The molecule has 1 saturated carbocycles.